The minimum absolute atomic E-state index is 0.0224. The molecule has 1 N–H and O–H groups in total. The van der Waals surface area contributed by atoms with Crippen LogP contribution in [0, 0.1) is 6.92 Å². The Hall–Kier alpha value is -3.43. The molecule has 2 amide bonds. The minimum atomic E-state index is -5.08. The number of alkyl halides is 3. The van der Waals surface area contributed by atoms with Gasteiger partial charge in [-0.3, -0.25) is 9.59 Å². The minimum Gasteiger partial charge on any atom is -0.475 e. The number of fused-ring (bicyclic) bond motifs is 2. The Morgan fingerprint density at radius 1 is 1.08 bits per heavy atom. The molecule has 1 aliphatic carbocycles. The van der Waals surface area contributed by atoms with Gasteiger partial charge in [-0.15, -0.1) is 0 Å². The number of hydrogen-bond acceptors (Lipinski definition) is 4. The number of halogens is 3. The molecule has 1 fully saturated rings. The molecule has 36 heavy (non-hydrogen) atoms. The first-order chi connectivity index (χ1) is 16.8. The van der Waals surface area contributed by atoms with Crippen molar-refractivity contribution >= 4 is 17.8 Å². The number of aromatic nitrogens is 1. The number of benzene rings is 1. The van der Waals surface area contributed by atoms with Crippen LogP contribution in [0.5, 0.6) is 0 Å². The number of hydrogen-bond donors (Lipinski definition) is 1. The summed E-state index contributed by atoms with van der Waals surface area (Å²) in [6.07, 6.45) is -1.65. The predicted octanol–water partition coefficient (Wildman–Crippen LogP) is 4.16. The highest BCUT2D eigenvalue weighted by Gasteiger charge is 2.46. The SMILES string of the molecule is Cc1cccc(C(=O)N2CCC3(CC2)CC(CC(=O)N(C)C)c2ccccc23)n1.O=C(O)C(F)(F)F. The van der Waals surface area contributed by atoms with Crippen LogP contribution in [-0.4, -0.2) is 71.0 Å². The predicted molar refractivity (Wildman–Crippen MR) is 127 cm³/mol. The first-order valence-electron chi connectivity index (χ1n) is 11.7. The Morgan fingerprint density at radius 3 is 2.25 bits per heavy atom. The third-order valence-corrected chi connectivity index (χ3v) is 6.89. The Morgan fingerprint density at radius 2 is 1.69 bits per heavy atom. The van der Waals surface area contributed by atoms with Crippen molar-refractivity contribution in [2.24, 2.45) is 0 Å². The van der Waals surface area contributed by atoms with E-state index < -0.39 is 12.1 Å². The lowest BCUT2D eigenvalue weighted by Gasteiger charge is -2.40. The van der Waals surface area contributed by atoms with Gasteiger partial charge in [0.25, 0.3) is 5.91 Å². The number of carbonyl (C=O) groups excluding carboxylic acids is 2. The lowest BCUT2D eigenvalue weighted by molar-refractivity contribution is -0.192. The fraction of sp³-hybridized carbons (Fsp3) is 0.462. The van der Waals surface area contributed by atoms with Crippen LogP contribution in [0.4, 0.5) is 13.2 Å². The number of rotatable bonds is 3. The summed E-state index contributed by atoms with van der Waals surface area (Å²) in [4.78, 5) is 42.2. The molecule has 1 spiro atoms. The molecule has 0 radical (unpaired) electrons. The number of aryl methyl sites for hydroxylation is 1. The van der Waals surface area contributed by atoms with Gasteiger partial charge in [-0.05, 0) is 60.8 Å². The zero-order valence-electron chi connectivity index (χ0n) is 20.5. The van der Waals surface area contributed by atoms with Crippen molar-refractivity contribution < 1.29 is 32.7 Å². The summed E-state index contributed by atoms with van der Waals surface area (Å²) in [6.45, 7) is 3.38. The van der Waals surface area contributed by atoms with Gasteiger partial charge >= 0.3 is 12.1 Å². The third kappa shape index (κ3) is 6.03. The number of pyridine rings is 1. The quantitative estimate of drug-likeness (QED) is 0.677. The van der Waals surface area contributed by atoms with Gasteiger partial charge < -0.3 is 14.9 Å². The second-order valence-corrected chi connectivity index (χ2v) is 9.52. The normalized spacial score (nSPS) is 18.2. The van der Waals surface area contributed by atoms with E-state index in [4.69, 9.17) is 9.90 Å². The van der Waals surface area contributed by atoms with Crippen LogP contribution >= 0.6 is 0 Å². The molecule has 1 aromatic carbocycles. The van der Waals surface area contributed by atoms with Gasteiger partial charge in [0.15, 0.2) is 0 Å². The average Bonchev–Trinajstić information content (AvgIpc) is 3.11. The standard InChI is InChI=1S/C24H29N3O2.C2HF3O2/c1-17-7-6-10-21(25-17)23(29)27-13-11-24(12-14-27)16-18(15-22(28)26(2)3)19-8-4-5-9-20(19)24;3-2(4,5)1(6)7/h4-10,18H,11-16H2,1-3H3;(H,6,7). The first-order valence-corrected chi connectivity index (χ1v) is 11.7. The van der Waals surface area contributed by atoms with Crippen molar-refractivity contribution in [1.29, 1.82) is 0 Å². The molecule has 194 valence electrons. The number of carboxylic acids is 1. The summed E-state index contributed by atoms with van der Waals surface area (Å²) in [5, 5.41) is 7.12. The molecule has 0 saturated carbocycles. The molecule has 4 rings (SSSR count). The third-order valence-electron chi connectivity index (χ3n) is 6.89. The Balaban J connectivity index is 0.000000454. The summed E-state index contributed by atoms with van der Waals surface area (Å²) < 4.78 is 31.7. The van der Waals surface area contributed by atoms with Crippen LogP contribution in [0.3, 0.4) is 0 Å². The molecule has 2 aliphatic rings. The van der Waals surface area contributed by atoms with E-state index in [9.17, 15) is 22.8 Å². The van der Waals surface area contributed by atoms with Crippen molar-refractivity contribution in [3.8, 4) is 0 Å². The van der Waals surface area contributed by atoms with E-state index in [1.165, 1.54) is 11.1 Å². The van der Waals surface area contributed by atoms with Crippen molar-refractivity contribution in [1.82, 2.24) is 14.8 Å². The molecule has 1 aliphatic heterocycles. The monoisotopic (exact) mass is 505 g/mol. The number of likely N-dealkylation sites (tertiary alicyclic amines) is 1. The Labute approximate surface area is 207 Å². The molecule has 0 bridgehead atoms. The summed E-state index contributed by atoms with van der Waals surface area (Å²) in [6, 6.07) is 14.2. The zero-order chi connectivity index (χ0) is 26.7. The zero-order valence-corrected chi connectivity index (χ0v) is 20.5. The van der Waals surface area contributed by atoms with Crippen LogP contribution in [0.1, 0.15) is 58.9 Å². The number of carbonyl (C=O) groups is 3. The van der Waals surface area contributed by atoms with Crippen LogP contribution in [0.15, 0.2) is 42.5 Å². The maximum Gasteiger partial charge on any atom is 0.490 e. The lowest BCUT2D eigenvalue weighted by atomic mass is 9.73. The maximum absolute atomic E-state index is 12.9. The molecule has 2 aromatic rings. The van der Waals surface area contributed by atoms with Gasteiger partial charge in [0.1, 0.15) is 5.69 Å². The van der Waals surface area contributed by atoms with Gasteiger partial charge in [0, 0.05) is 39.3 Å². The van der Waals surface area contributed by atoms with E-state index in [2.05, 4.69) is 29.2 Å². The second kappa shape index (κ2) is 10.7. The fourth-order valence-electron chi connectivity index (χ4n) is 5.04. The number of nitrogens with zero attached hydrogens (tertiary/aromatic N) is 3. The Kier molecular flexibility index (Phi) is 8.05. The highest BCUT2D eigenvalue weighted by molar-refractivity contribution is 5.92. The second-order valence-electron chi connectivity index (χ2n) is 9.52. The van der Waals surface area contributed by atoms with E-state index >= 15 is 0 Å². The van der Waals surface area contributed by atoms with E-state index in [1.54, 1.807) is 11.0 Å². The van der Waals surface area contributed by atoms with Crippen LogP contribution < -0.4 is 0 Å². The lowest BCUT2D eigenvalue weighted by Crippen LogP contribution is -2.44. The first kappa shape index (κ1) is 27.2. The molecule has 10 heteroatoms. The molecular weight excluding hydrogens is 475 g/mol. The molecular formula is C26H30F3N3O4. The molecule has 1 aromatic heterocycles. The van der Waals surface area contributed by atoms with Crippen LogP contribution in [0.25, 0.3) is 0 Å². The van der Waals surface area contributed by atoms with Gasteiger partial charge in [0.05, 0.1) is 0 Å². The van der Waals surface area contributed by atoms with Gasteiger partial charge in [-0.25, -0.2) is 9.78 Å². The molecule has 1 unspecified atom stereocenters. The van der Waals surface area contributed by atoms with Crippen molar-refractivity contribution in [2.75, 3.05) is 27.2 Å². The molecule has 7 nitrogen and oxygen atoms in total. The fourth-order valence-corrected chi connectivity index (χ4v) is 5.04. The smallest absolute Gasteiger partial charge is 0.475 e. The average molecular weight is 506 g/mol. The summed E-state index contributed by atoms with van der Waals surface area (Å²) in [5.41, 5.74) is 4.18. The summed E-state index contributed by atoms with van der Waals surface area (Å²) >= 11 is 0. The number of amides is 2. The maximum atomic E-state index is 12.9. The van der Waals surface area contributed by atoms with E-state index in [0.717, 1.165) is 38.0 Å². The van der Waals surface area contributed by atoms with Crippen LogP contribution in [0.2, 0.25) is 0 Å². The van der Waals surface area contributed by atoms with E-state index in [0.29, 0.717) is 12.1 Å². The van der Waals surface area contributed by atoms with Crippen molar-refractivity contribution in [3.63, 3.8) is 0 Å². The largest absolute Gasteiger partial charge is 0.490 e. The van der Waals surface area contributed by atoms with Gasteiger partial charge in [0.2, 0.25) is 5.91 Å². The number of aliphatic carboxylic acids is 1. The number of piperidine rings is 1. The number of carboxylic acid groups (broad SMARTS) is 1. The highest BCUT2D eigenvalue weighted by Crippen LogP contribution is 2.52. The van der Waals surface area contributed by atoms with Gasteiger partial charge in [-0.2, -0.15) is 13.2 Å². The van der Waals surface area contributed by atoms with Crippen molar-refractivity contribution in [3.05, 3.63) is 65.0 Å². The molecule has 1 saturated heterocycles. The Bertz CT molecular complexity index is 1130. The summed E-state index contributed by atoms with van der Waals surface area (Å²) in [7, 11) is 3.64. The topological polar surface area (TPSA) is 90.8 Å². The van der Waals surface area contributed by atoms with Gasteiger partial charge in [-0.1, -0.05) is 30.3 Å². The van der Waals surface area contributed by atoms with E-state index in [1.807, 2.05) is 38.1 Å². The highest BCUT2D eigenvalue weighted by atomic mass is 19.4. The molecule has 1 atom stereocenters. The van der Waals surface area contributed by atoms with Crippen molar-refractivity contribution in [2.45, 2.75) is 50.1 Å². The summed E-state index contributed by atoms with van der Waals surface area (Å²) in [5.74, 6) is -2.29. The molecule has 2 heterocycles. The van der Waals surface area contributed by atoms with E-state index in [-0.39, 0.29) is 23.1 Å². The van der Waals surface area contributed by atoms with Crippen LogP contribution in [-0.2, 0) is 15.0 Å².